The first-order valence-corrected chi connectivity index (χ1v) is 8.24. The largest absolute Gasteiger partial charge is 0.484 e. The second-order valence-electron chi connectivity index (χ2n) is 5.99. The van der Waals surface area contributed by atoms with Crippen LogP contribution in [0.15, 0.2) is 48.5 Å². The van der Waals surface area contributed by atoms with Gasteiger partial charge in [-0.25, -0.2) is 0 Å². The van der Waals surface area contributed by atoms with E-state index in [2.05, 4.69) is 5.32 Å². The number of hydrogen-bond acceptors (Lipinski definition) is 2. The molecule has 0 aromatic heterocycles. The quantitative estimate of drug-likeness (QED) is 0.858. The van der Waals surface area contributed by atoms with Crippen molar-refractivity contribution in [3.63, 3.8) is 0 Å². The fraction of sp³-hybridized carbons (Fsp3) is 0.316. The van der Waals surface area contributed by atoms with Gasteiger partial charge in [0.05, 0.1) is 6.04 Å². The van der Waals surface area contributed by atoms with Crippen LogP contribution in [0.3, 0.4) is 0 Å². The van der Waals surface area contributed by atoms with Crippen LogP contribution < -0.4 is 10.1 Å². The van der Waals surface area contributed by atoms with Gasteiger partial charge in [-0.2, -0.15) is 0 Å². The first-order chi connectivity index (χ1) is 11.1. The van der Waals surface area contributed by atoms with Gasteiger partial charge in [0.1, 0.15) is 5.75 Å². The highest BCUT2D eigenvalue weighted by molar-refractivity contribution is 6.30. The van der Waals surface area contributed by atoms with Gasteiger partial charge >= 0.3 is 0 Å². The highest BCUT2D eigenvalue weighted by atomic mass is 35.5. The standard InChI is InChI=1S/C19H20ClNO2/c1-13-4-2-3-5-17(13)23-12-18(22)21-19(14-6-7-14)15-8-10-16(20)11-9-15/h2-5,8-11,14,19H,6-7,12H2,1H3,(H,21,22)/t19-/m1/s1. The number of aryl methyl sites for hydroxylation is 1. The Morgan fingerprint density at radius 1 is 1.22 bits per heavy atom. The number of nitrogens with one attached hydrogen (secondary N) is 1. The molecular weight excluding hydrogens is 310 g/mol. The number of carbonyl (C=O) groups is 1. The maximum Gasteiger partial charge on any atom is 0.258 e. The van der Waals surface area contributed by atoms with Crippen LogP contribution in [0.1, 0.15) is 30.0 Å². The van der Waals surface area contributed by atoms with Crippen LogP contribution in [0.2, 0.25) is 5.02 Å². The van der Waals surface area contributed by atoms with Gasteiger partial charge in [-0.1, -0.05) is 41.9 Å². The lowest BCUT2D eigenvalue weighted by atomic mass is 10.0. The zero-order valence-electron chi connectivity index (χ0n) is 13.1. The van der Waals surface area contributed by atoms with Crippen molar-refractivity contribution in [1.82, 2.24) is 5.32 Å². The van der Waals surface area contributed by atoms with Crippen molar-refractivity contribution in [2.45, 2.75) is 25.8 Å². The summed E-state index contributed by atoms with van der Waals surface area (Å²) in [7, 11) is 0. The van der Waals surface area contributed by atoms with Crippen LogP contribution in [-0.4, -0.2) is 12.5 Å². The number of carbonyl (C=O) groups excluding carboxylic acids is 1. The molecule has 3 nitrogen and oxygen atoms in total. The molecular formula is C19H20ClNO2. The van der Waals surface area contributed by atoms with Crippen LogP contribution in [0, 0.1) is 12.8 Å². The molecule has 0 saturated heterocycles. The average Bonchev–Trinajstić information content (AvgIpc) is 3.38. The highest BCUT2D eigenvalue weighted by Gasteiger charge is 2.33. The van der Waals surface area contributed by atoms with Crippen molar-refractivity contribution in [3.05, 3.63) is 64.7 Å². The number of para-hydroxylation sites is 1. The number of halogens is 1. The van der Waals surface area contributed by atoms with Crippen LogP contribution in [0.5, 0.6) is 5.75 Å². The molecule has 1 aliphatic rings. The second kappa shape index (κ2) is 7.05. The minimum atomic E-state index is -0.0971. The Morgan fingerprint density at radius 2 is 1.91 bits per heavy atom. The Hall–Kier alpha value is -2.00. The number of ether oxygens (including phenoxy) is 1. The van der Waals surface area contributed by atoms with Gasteiger partial charge in [0, 0.05) is 5.02 Å². The molecule has 0 spiro atoms. The highest BCUT2D eigenvalue weighted by Crippen LogP contribution is 2.41. The summed E-state index contributed by atoms with van der Waals surface area (Å²) < 4.78 is 5.62. The first kappa shape index (κ1) is 15.9. The van der Waals surface area contributed by atoms with E-state index in [1.54, 1.807) is 0 Å². The molecule has 0 radical (unpaired) electrons. The molecule has 0 unspecified atom stereocenters. The summed E-state index contributed by atoms with van der Waals surface area (Å²) in [5.41, 5.74) is 2.12. The van der Waals surface area contributed by atoms with Gasteiger partial charge in [-0.15, -0.1) is 0 Å². The summed E-state index contributed by atoms with van der Waals surface area (Å²) in [6, 6.07) is 15.4. The van der Waals surface area contributed by atoms with E-state index in [-0.39, 0.29) is 18.6 Å². The molecule has 1 fully saturated rings. The van der Waals surface area contributed by atoms with E-state index < -0.39 is 0 Å². The molecule has 1 amide bonds. The molecule has 0 aliphatic heterocycles. The molecule has 0 bridgehead atoms. The molecule has 1 aliphatic carbocycles. The maximum absolute atomic E-state index is 12.2. The Kier molecular flexibility index (Phi) is 4.87. The molecule has 120 valence electrons. The normalized spacial score (nSPS) is 15.0. The SMILES string of the molecule is Cc1ccccc1OCC(=O)N[C@@H](c1ccc(Cl)cc1)C1CC1. The predicted octanol–water partition coefficient (Wildman–Crippen LogP) is 4.29. The predicted molar refractivity (Wildman–Crippen MR) is 91.7 cm³/mol. The van der Waals surface area contributed by atoms with E-state index in [1.807, 2.05) is 55.5 Å². The lowest BCUT2D eigenvalue weighted by Crippen LogP contribution is -2.33. The van der Waals surface area contributed by atoms with Crippen molar-refractivity contribution in [1.29, 1.82) is 0 Å². The molecule has 3 rings (SSSR count). The molecule has 1 saturated carbocycles. The Balaban J connectivity index is 1.61. The molecule has 2 aromatic carbocycles. The molecule has 1 atom stereocenters. The maximum atomic E-state index is 12.2. The molecule has 23 heavy (non-hydrogen) atoms. The summed E-state index contributed by atoms with van der Waals surface area (Å²) in [5, 5.41) is 3.80. The van der Waals surface area contributed by atoms with E-state index in [9.17, 15) is 4.79 Å². The van der Waals surface area contributed by atoms with Gasteiger partial charge in [-0.3, -0.25) is 4.79 Å². The zero-order chi connectivity index (χ0) is 16.2. The third kappa shape index (κ3) is 4.26. The van der Waals surface area contributed by atoms with Crippen molar-refractivity contribution in [2.75, 3.05) is 6.61 Å². The fourth-order valence-corrected chi connectivity index (χ4v) is 2.78. The third-order valence-electron chi connectivity index (χ3n) is 4.09. The van der Waals surface area contributed by atoms with Crippen molar-refractivity contribution >= 4 is 17.5 Å². The number of hydrogen-bond donors (Lipinski definition) is 1. The van der Waals surface area contributed by atoms with Gasteiger partial charge < -0.3 is 10.1 Å². The van der Waals surface area contributed by atoms with Gasteiger partial charge in [0.15, 0.2) is 6.61 Å². The van der Waals surface area contributed by atoms with E-state index >= 15 is 0 Å². The summed E-state index contributed by atoms with van der Waals surface area (Å²) in [5.74, 6) is 1.16. The number of amides is 1. The van der Waals surface area contributed by atoms with E-state index in [1.165, 1.54) is 0 Å². The Morgan fingerprint density at radius 3 is 2.57 bits per heavy atom. The summed E-state index contributed by atoms with van der Waals surface area (Å²) in [6.07, 6.45) is 2.29. The lowest BCUT2D eigenvalue weighted by Gasteiger charge is -2.19. The Bertz CT molecular complexity index is 680. The zero-order valence-corrected chi connectivity index (χ0v) is 13.8. The first-order valence-electron chi connectivity index (χ1n) is 7.87. The van der Waals surface area contributed by atoms with Crippen molar-refractivity contribution in [2.24, 2.45) is 5.92 Å². The van der Waals surface area contributed by atoms with E-state index in [0.717, 1.165) is 29.7 Å². The second-order valence-corrected chi connectivity index (χ2v) is 6.42. The molecule has 4 heteroatoms. The van der Waals surface area contributed by atoms with Crippen molar-refractivity contribution in [3.8, 4) is 5.75 Å². The number of benzene rings is 2. The minimum Gasteiger partial charge on any atom is -0.484 e. The molecule has 0 heterocycles. The van der Waals surface area contributed by atoms with Gasteiger partial charge in [0.2, 0.25) is 0 Å². The molecule has 2 aromatic rings. The average molecular weight is 330 g/mol. The van der Waals surface area contributed by atoms with Crippen molar-refractivity contribution < 1.29 is 9.53 Å². The van der Waals surface area contributed by atoms with Crippen LogP contribution in [0.25, 0.3) is 0 Å². The minimum absolute atomic E-state index is 0.0294. The third-order valence-corrected chi connectivity index (χ3v) is 4.34. The summed E-state index contributed by atoms with van der Waals surface area (Å²) in [6.45, 7) is 2.00. The summed E-state index contributed by atoms with van der Waals surface area (Å²) in [4.78, 5) is 12.2. The van der Waals surface area contributed by atoms with E-state index in [0.29, 0.717) is 10.9 Å². The van der Waals surface area contributed by atoms with Gasteiger partial charge in [-0.05, 0) is 55.0 Å². The molecule has 1 N–H and O–H groups in total. The fourth-order valence-electron chi connectivity index (χ4n) is 2.65. The lowest BCUT2D eigenvalue weighted by molar-refractivity contribution is -0.124. The van der Waals surface area contributed by atoms with Crippen LogP contribution in [-0.2, 0) is 4.79 Å². The van der Waals surface area contributed by atoms with Crippen LogP contribution >= 0.6 is 11.6 Å². The monoisotopic (exact) mass is 329 g/mol. The van der Waals surface area contributed by atoms with Crippen LogP contribution in [0.4, 0.5) is 0 Å². The Labute approximate surface area is 141 Å². The van der Waals surface area contributed by atoms with E-state index in [4.69, 9.17) is 16.3 Å². The number of rotatable bonds is 6. The summed E-state index contributed by atoms with van der Waals surface area (Å²) >= 11 is 5.94. The van der Waals surface area contributed by atoms with Gasteiger partial charge in [0.25, 0.3) is 5.91 Å². The smallest absolute Gasteiger partial charge is 0.258 e. The topological polar surface area (TPSA) is 38.3 Å².